The molecule has 17 heavy (non-hydrogen) atoms. The van der Waals surface area contributed by atoms with Gasteiger partial charge in [-0.2, -0.15) is 0 Å². The fourth-order valence-electron chi connectivity index (χ4n) is 2.26. The topological polar surface area (TPSA) is 38.5 Å². The monoisotopic (exact) mass is 234 g/mol. The molecular weight excluding hydrogens is 212 g/mol. The first kappa shape index (κ1) is 12.4. The molecule has 0 spiro atoms. The smallest absolute Gasteiger partial charge is 0.0592 e. The van der Waals surface area contributed by atoms with Gasteiger partial charge in [-0.1, -0.05) is 12.1 Å². The average Bonchev–Trinajstić information content (AvgIpc) is 2.89. The molecule has 1 aromatic rings. The first-order valence-corrected chi connectivity index (χ1v) is 6.41. The molecule has 1 saturated heterocycles. The highest BCUT2D eigenvalue weighted by Crippen LogP contribution is 2.19. The Morgan fingerprint density at radius 2 is 2.35 bits per heavy atom. The molecule has 0 aliphatic carbocycles. The number of hydrogen-bond donors (Lipinski definition) is 1. The highest BCUT2D eigenvalue weighted by atomic mass is 16.5. The molecule has 1 heterocycles. The molecule has 0 aromatic heterocycles. The third kappa shape index (κ3) is 3.45. The Bertz CT molecular complexity index is 348. The van der Waals surface area contributed by atoms with Crippen LogP contribution in [0.3, 0.4) is 0 Å². The summed E-state index contributed by atoms with van der Waals surface area (Å²) in [5.74, 6) is 0. The lowest BCUT2D eigenvalue weighted by molar-refractivity contribution is 0.106. The van der Waals surface area contributed by atoms with Crippen molar-refractivity contribution in [1.82, 2.24) is 0 Å². The fraction of sp³-hybridized carbons (Fsp3) is 0.571. The van der Waals surface area contributed by atoms with Crippen molar-refractivity contribution in [1.29, 1.82) is 0 Å². The molecule has 1 aliphatic heterocycles. The van der Waals surface area contributed by atoms with E-state index in [1.54, 1.807) is 0 Å². The van der Waals surface area contributed by atoms with Crippen molar-refractivity contribution >= 4 is 5.69 Å². The van der Waals surface area contributed by atoms with E-state index >= 15 is 0 Å². The third-order valence-electron chi connectivity index (χ3n) is 3.40. The van der Waals surface area contributed by atoms with Crippen molar-refractivity contribution in [2.75, 3.05) is 25.1 Å². The number of benzene rings is 1. The molecule has 1 aromatic carbocycles. The summed E-state index contributed by atoms with van der Waals surface area (Å²) in [6.07, 6.45) is 4.02. The minimum atomic E-state index is 0.468. The van der Waals surface area contributed by atoms with Gasteiger partial charge in [-0.25, -0.2) is 0 Å². The van der Waals surface area contributed by atoms with E-state index < -0.39 is 0 Å². The highest BCUT2D eigenvalue weighted by Gasteiger charge is 2.15. The highest BCUT2D eigenvalue weighted by molar-refractivity contribution is 5.47. The SMILES string of the molecule is CN(CCC1CCCO1)c1cccc(CN)c1. The molecule has 1 aliphatic rings. The molecule has 2 rings (SSSR count). The number of nitrogens with two attached hydrogens (primary N) is 1. The van der Waals surface area contributed by atoms with Crippen molar-refractivity contribution in [2.24, 2.45) is 5.73 Å². The van der Waals surface area contributed by atoms with Gasteiger partial charge in [0.2, 0.25) is 0 Å². The minimum Gasteiger partial charge on any atom is -0.378 e. The van der Waals surface area contributed by atoms with Gasteiger partial charge in [0.05, 0.1) is 6.10 Å². The second-order valence-corrected chi connectivity index (χ2v) is 4.72. The molecule has 1 unspecified atom stereocenters. The van der Waals surface area contributed by atoms with Gasteiger partial charge in [0.15, 0.2) is 0 Å². The van der Waals surface area contributed by atoms with Gasteiger partial charge in [-0.3, -0.25) is 0 Å². The molecule has 0 saturated carbocycles. The lowest BCUT2D eigenvalue weighted by Gasteiger charge is -2.21. The Morgan fingerprint density at radius 3 is 3.06 bits per heavy atom. The number of nitrogens with zero attached hydrogens (tertiary/aromatic N) is 1. The van der Waals surface area contributed by atoms with Crippen LogP contribution >= 0.6 is 0 Å². The van der Waals surface area contributed by atoms with Crippen molar-refractivity contribution < 1.29 is 4.74 Å². The van der Waals surface area contributed by atoms with E-state index in [0.29, 0.717) is 12.6 Å². The summed E-state index contributed by atoms with van der Waals surface area (Å²) in [7, 11) is 2.13. The predicted octanol–water partition coefficient (Wildman–Crippen LogP) is 2.15. The lowest BCUT2D eigenvalue weighted by atomic mass is 10.1. The van der Waals surface area contributed by atoms with E-state index in [4.69, 9.17) is 10.5 Å². The zero-order chi connectivity index (χ0) is 12.1. The van der Waals surface area contributed by atoms with Crippen LogP contribution in [0.2, 0.25) is 0 Å². The summed E-state index contributed by atoms with van der Waals surface area (Å²) < 4.78 is 5.64. The second kappa shape index (κ2) is 6.03. The first-order valence-electron chi connectivity index (χ1n) is 6.41. The summed E-state index contributed by atoms with van der Waals surface area (Å²) in [6.45, 7) is 2.59. The molecule has 3 nitrogen and oxygen atoms in total. The molecule has 0 amide bonds. The number of rotatable bonds is 5. The summed E-state index contributed by atoms with van der Waals surface area (Å²) in [5, 5.41) is 0. The van der Waals surface area contributed by atoms with E-state index in [1.165, 1.54) is 24.1 Å². The molecule has 0 radical (unpaired) electrons. The van der Waals surface area contributed by atoms with Crippen LogP contribution in [-0.2, 0) is 11.3 Å². The molecule has 94 valence electrons. The van der Waals surface area contributed by atoms with Crippen LogP contribution < -0.4 is 10.6 Å². The van der Waals surface area contributed by atoms with Crippen molar-refractivity contribution in [3.8, 4) is 0 Å². The Balaban J connectivity index is 1.87. The van der Waals surface area contributed by atoms with Crippen molar-refractivity contribution in [2.45, 2.75) is 31.9 Å². The molecule has 0 bridgehead atoms. The lowest BCUT2D eigenvalue weighted by Crippen LogP contribution is -2.22. The van der Waals surface area contributed by atoms with Crippen LogP contribution in [-0.4, -0.2) is 26.3 Å². The van der Waals surface area contributed by atoms with Gasteiger partial charge < -0.3 is 15.4 Å². The Morgan fingerprint density at radius 1 is 1.47 bits per heavy atom. The van der Waals surface area contributed by atoms with E-state index in [0.717, 1.165) is 19.6 Å². The zero-order valence-electron chi connectivity index (χ0n) is 10.6. The van der Waals surface area contributed by atoms with E-state index in [-0.39, 0.29) is 0 Å². The third-order valence-corrected chi connectivity index (χ3v) is 3.40. The van der Waals surface area contributed by atoms with Gasteiger partial charge in [0, 0.05) is 32.4 Å². The Kier molecular flexibility index (Phi) is 4.40. The molecule has 1 atom stereocenters. The largest absolute Gasteiger partial charge is 0.378 e. The molecular formula is C14H22N2O. The van der Waals surface area contributed by atoms with Gasteiger partial charge in [-0.15, -0.1) is 0 Å². The van der Waals surface area contributed by atoms with Crippen LogP contribution in [0.1, 0.15) is 24.8 Å². The van der Waals surface area contributed by atoms with Gasteiger partial charge in [0.25, 0.3) is 0 Å². The maximum absolute atomic E-state index is 5.65. The summed E-state index contributed by atoms with van der Waals surface area (Å²) in [6, 6.07) is 8.43. The quantitative estimate of drug-likeness (QED) is 0.848. The summed E-state index contributed by atoms with van der Waals surface area (Å²) >= 11 is 0. The zero-order valence-corrected chi connectivity index (χ0v) is 10.6. The maximum Gasteiger partial charge on any atom is 0.0592 e. The normalized spacial score (nSPS) is 19.5. The minimum absolute atomic E-state index is 0.468. The van der Waals surface area contributed by atoms with E-state index in [1.807, 2.05) is 0 Å². The second-order valence-electron chi connectivity index (χ2n) is 4.72. The van der Waals surface area contributed by atoms with Crippen molar-refractivity contribution in [3.05, 3.63) is 29.8 Å². The predicted molar refractivity (Wildman–Crippen MR) is 71.2 cm³/mol. The van der Waals surface area contributed by atoms with Crippen LogP contribution in [0.25, 0.3) is 0 Å². The van der Waals surface area contributed by atoms with E-state index in [9.17, 15) is 0 Å². The first-order chi connectivity index (χ1) is 8.29. The maximum atomic E-state index is 5.65. The van der Waals surface area contributed by atoms with Crippen LogP contribution in [0.4, 0.5) is 5.69 Å². The summed E-state index contributed by atoms with van der Waals surface area (Å²) in [4.78, 5) is 2.28. The van der Waals surface area contributed by atoms with Crippen LogP contribution in [0.15, 0.2) is 24.3 Å². The van der Waals surface area contributed by atoms with Gasteiger partial charge in [-0.05, 0) is 37.0 Å². The molecule has 2 N–H and O–H groups in total. The van der Waals surface area contributed by atoms with E-state index in [2.05, 4.69) is 36.2 Å². The van der Waals surface area contributed by atoms with Crippen LogP contribution in [0.5, 0.6) is 0 Å². The number of ether oxygens (including phenoxy) is 1. The van der Waals surface area contributed by atoms with Gasteiger partial charge >= 0.3 is 0 Å². The molecule has 1 fully saturated rings. The average molecular weight is 234 g/mol. The Labute approximate surface area is 104 Å². The van der Waals surface area contributed by atoms with Gasteiger partial charge in [0.1, 0.15) is 0 Å². The number of hydrogen-bond acceptors (Lipinski definition) is 3. The summed E-state index contributed by atoms with van der Waals surface area (Å²) in [5.41, 5.74) is 8.08. The molecule has 3 heteroatoms. The number of anilines is 1. The Hall–Kier alpha value is -1.06. The van der Waals surface area contributed by atoms with Crippen LogP contribution in [0, 0.1) is 0 Å². The van der Waals surface area contributed by atoms with Crippen molar-refractivity contribution in [3.63, 3.8) is 0 Å². The fourth-order valence-corrected chi connectivity index (χ4v) is 2.26. The standard InChI is InChI=1S/C14H22N2O/c1-16(8-7-14-6-3-9-17-14)13-5-2-4-12(10-13)11-15/h2,4-5,10,14H,3,6-9,11,15H2,1H3.